The van der Waals surface area contributed by atoms with Gasteiger partial charge in [0.1, 0.15) is 0 Å². The molecule has 0 saturated carbocycles. The lowest BCUT2D eigenvalue weighted by Gasteiger charge is -2.04. The minimum absolute atomic E-state index is 0.0780. The van der Waals surface area contributed by atoms with E-state index in [-0.39, 0.29) is 10.4 Å². The average Bonchev–Trinajstić information content (AvgIpc) is 2.66. The standard InChI is InChI=1S/C9H8Cl2N4S/c1-5-2-3-6(16-5)4-12-8-7(10)14-15-9(11)13-8/h2-3H,4H2,1H3,(H,12,13,15). The highest BCUT2D eigenvalue weighted by Gasteiger charge is 2.06. The van der Waals surface area contributed by atoms with Gasteiger partial charge in [-0.1, -0.05) is 11.6 Å². The fourth-order valence-corrected chi connectivity index (χ4v) is 2.26. The molecular formula is C9H8Cl2N4S. The van der Waals surface area contributed by atoms with E-state index >= 15 is 0 Å². The Hall–Kier alpha value is -0.910. The third-order valence-corrected chi connectivity index (χ3v) is 3.26. The second-order valence-electron chi connectivity index (χ2n) is 3.09. The van der Waals surface area contributed by atoms with Crippen molar-refractivity contribution in [1.82, 2.24) is 15.2 Å². The summed E-state index contributed by atoms with van der Waals surface area (Å²) in [7, 11) is 0. The fourth-order valence-electron chi connectivity index (χ4n) is 1.16. The van der Waals surface area contributed by atoms with E-state index in [4.69, 9.17) is 23.2 Å². The molecule has 0 radical (unpaired) electrons. The quantitative estimate of drug-likeness (QED) is 0.934. The lowest BCUT2D eigenvalue weighted by Crippen LogP contribution is -2.03. The number of hydrogen-bond acceptors (Lipinski definition) is 5. The largest absolute Gasteiger partial charge is 0.362 e. The number of hydrogen-bond donors (Lipinski definition) is 1. The highest BCUT2D eigenvalue weighted by atomic mass is 35.5. The van der Waals surface area contributed by atoms with Crippen molar-refractivity contribution in [2.45, 2.75) is 13.5 Å². The van der Waals surface area contributed by atoms with Gasteiger partial charge in [0.05, 0.1) is 6.54 Å². The summed E-state index contributed by atoms with van der Waals surface area (Å²) >= 11 is 13.2. The van der Waals surface area contributed by atoms with E-state index in [0.717, 1.165) is 0 Å². The maximum atomic E-state index is 5.81. The molecule has 2 rings (SSSR count). The van der Waals surface area contributed by atoms with Gasteiger partial charge in [-0.15, -0.1) is 21.5 Å². The van der Waals surface area contributed by atoms with Crippen molar-refractivity contribution in [3.63, 3.8) is 0 Å². The van der Waals surface area contributed by atoms with E-state index in [1.807, 2.05) is 0 Å². The summed E-state index contributed by atoms with van der Waals surface area (Å²) in [5, 5.41) is 10.6. The van der Waals surface area contributed by atoms with Crippen LogP contribution in [0.3, 0.4) is 0 Å². The summed E-state index contributed by atoms with van der Waals surface area (Å²) in [5.74, 6) is 0.452. The number of halogens is 2. The summed E-state index contributed by atoms with van der Waals surface area (Å²) in [6, 6.07) is 4.12. The van der Waals surface area contributed by atoms with Crippen LogP contribution >= 0.6 is 34.5 Å². The van der Waals surface area contributed by atoms with Crippen LogP contribution in [-0.4, -0.2) is 15.2 Å². The highest BCUT2D eigenvalue weighted by molar-refractivity contribution is 7.11. The topological polar surface area (TPSA) is 50.7 Å². The Morgan fingerprint density at radius 3 is 2.81 bits per heavy atom. The maximum absolute atomic E-state index is 5.81. The Balaban J connectivity index is 2.07. The first-order valence-corrected chi connectivity index (χ1v) is 6.07. The smallest absolute Gasteiger partial charge is 0.245 e. The summed E-state index contributed by atoms with van der Waals surface area (Å²) in [6.07, 6.45) is 0. The lowest BCUT2D eigenvalue weighted by atomic mass is 10.4. The van der Waals surface area contributed by atoms with Crippen LogP contribution in [0.25, 0.3) is 0 Å². The molecule has 0 aliphatic rings. The van der Waals surface area contributed by atoms with Crippen LogP contribution in [-0.2, 0) is 6.54 Å². The molecule has 0 aliphatic carbocycles. The van der Waals surface area contributed by atoms with Crippen molar-refractivity contribution in [1.29, 1.82) is 0 Å². The average molecular weight is 275 g/mol. The Morgan fingerprint density at radius 1 is 1.31 bits per heavy atom. The van der Waals surface area contributed by atoms with Gasteiger partial charge in [0, 0.05) is 9.75 Å². The van der Waals surface area contributed by atoms with Crippen LogP contribution in [0, 0.1) is 6.92 Å². The summed E-state index contributed by atoms with van der Waals surface area (Å²) in [5.41, 5.74) is 0. The second kappa shape index (κ2) is 4.95. The van der Waals surface area contributed by atoms with Gasteiger partial charge in [-0.3, -0.25) is 0 Å². The first-order chi connectivity index (χ1) is 7.65. The Bertz CT molecular complexity index is 500. The van der Waals surface area contributed by atoms with Crippen molar-refractivity contribution in [2.24, 2.45) is 0 Å². The molecule has 0 atom stereocenters. The van der Waals surface area contributed by atoms with Crippen LogP contribution < -0.4 is 5.32 Å². The number of rotatable bonds is 3. The van der Waals surface area contributed by atoms with Gasteiger partial charge < -0.3 is 5.32 Å². The summed E-state index contributed by atoms with van der Waals surface area (Å²) < 4.78 is 0. The van der Waals surface area contributed by atoms with E-state index in [9.17, 15) is 0 Å². The first-order valence-electron chi connectivity index (χ1n) is 4.50. The molecule has 16 heavy (non-hydrogen) atoms. The van der Waals surface area contributed by atoms with Crippen LogP contribution in [0.2, 0.25) is 10.4 Å². The molecule has 0 fully saturated rings. The zero-order valence-corrected chi connectivity index (χ0v) is 10.7. The molecule has 0 spiro atoms. The van der Waals surface area contributed by atoms with E-state index in [1.54, 1.807) is 11.3 Å². The van der Waals surface area contributed by atoms with Gasteiger partial charge in [0.25, 0.3) is 0 Å². The molecule has 84 valence electrons. The number of nitrogens with zero attached hydrogens (tertiary/aromatic N) is 3. The molecule has 0 aliphatic heterocycles. The van der Waals surface area contributed by atoms with Crippen LogP contribution in [0.1, 0.15) is 9.75 Å². The van der Waals surface area contributed by atoms with Crippen molar-refractivity contribution >= 4 is 40.4 Å². The van der Waals surface area contributed by atoms with Crippen molar-refractivity contribution < 1.29 is 0 Å². The first kappa shape index (κ1) is 11.6. The monoisotopic (exact) mass is 274 g/mol. The highest BCUT2D eigenvalue weighted by Crippen LogP contribution is 2.20. The number of aryl methyl sites for hydroxylation is 1. The van der Waals surface area contributed by atoms with Crippen LogP contribution in [0.5, 0.6) is 0 Å². The third-order valence-electron chi connectivity index (χ3n) is 1.85. The summed E-state index contributed by atoms with van der Waals surface area (Å²) in [4.78, 5) is 6.41. The predicted octanol–water partition coefficient (Wildman–Crippen LogP) is 3.16. The van der Waals surface area contributed by atoms with Crippen LogP contribution in [0.15, 0.2) is 12.1 Å². The Morgan fingerprint density at radius 2 is 2.12 bits per heavy atom. The molecular weight excluding hydrogens is 267 g/mol. The molecule has 2 heterocycles. The minimum Gasteiger partial charge on any atom is -0.362 e. The minimum atomic E-state index is 0.0780. The zero-order valence-electron chi connectivity index (χ0n) is 8.37. The van der Waals surface area contributed by atoms with Gasteiger partial charge >= 0.3 is 0 Å². The van der Waals surface area contributed by atoms with Crippen molar-refractivity contribution in [3.05, 3.63) is 32.3 Å². The SMILES string of the molecule is Cc1ccc(CNc2nc(Cl)nnc2Cl)s1. The second-order valence-corrected chi connectivity index (χ2v) is 5.15. The van der Waals surface area contributed by atoms with E-state index in [2.05, 4.69) is 39.6 Å². The molecule has 0 saturated heterocycles. The Labute approximate surface area is 107 Å². The van der Waals surface area contributed by atoms with E-state index in [0.29, 0.717) is 12.4 Å². The molecule has 2 aromatic heterocycles. The van der Waals surface area contributed by atoms with Gasteiger partial charge in [0.15, 0.2) is 11.0 Å². The van der Waals surface area contributed by atoms with Gasteiger partial charge in [-0.25, -0.2) is 0 Å². The molecule has 7 heteroatoms. The molecule has 4 nitrogen and oxygen atoms in total. The van der Waals surface area contributed by atoms with E-state index in [1.165, 1.54) is 9.75 Å². The maximum Gasteiger partial charge on any atom is 0.245 e. The number of thiophene rings is 1. The Kier molecular flexibility index (Phi) is 3.58. The van der Waals surface area contributed by atoms with Crippen molar-refractivity contribution in [2.75, 3.05) is 5.32 Å². The van der Waals surface area contributed by atoms with Gasteiger partial charge in [0.2, 0.25) is 5.28 Å². The van der Waals surface area contributed by atoms with E-state index < -0.39 is 0 Å². The van der Waals surface area contributed by atoms with Crippen LogP contribution in [0.4, 0.5) is 5.82 Å². The lowest BCUT2D eigenvalue weighted by molar-refractivity contribution is 0.961. The molecule has 2 aromatic rings. The zero-order chi connectivity index (χ0) is 11.5. The summed E-state index contributed by atoms with van der Waals surface area (Å²) in [6.45, 7) is 2.71. The number of anilines is 1. The van der Waals surface area contributed by atoms with Crippen molar-refractivity contribution in [3.8, 4) is 0 Å². The molecule has 1 N–H and O–H groups in total. The molecule has 0 bridgehead atoms. The molecule has 0 unspecified atom stereocenters. The third kappa shape index (κ3) is 2.81. The number of aromatic nitrogens is 3. The molecule has 0 amide bonds. The molecule has 0 aromatic carbocycles. The number of nitrogens with one attached hydrogen (secondary N) is 1. The fraction of sp³-hybridized carbons (Fsp3) is 0.222. The normalized spacial score (nSPS) is 10.4. The van der Waals surface area contributed by atoms with Gasteiger partial charge in [-0.05, 0) is 30.7 Å². The predicted molar refractivity (Wildman–Crippen MR) is 66.2 cm³/mol. The van der Waals surface area contributed by atoms with Gasteiger partial charge in [-0.2, -0.15) is 4.98 Å².